The van der Waals surface area contributed by atoms with Gasteiger partial charge in [0.2, 0.25) is 11.8 Å². The molecule has 0 aliphatic carbocycles. The van der Waals surface area contributed by atoms with Gasteiger partial charge in [-0.1, -0.05) is 6.92 Å². The van der Waals surface area contributed by atoms with Gasteiger partial charge in [0.05, 0.1) is 19.3 Å². The molecule has 0 bridgehead atoms. The Hall–Kier alpha value is -0.750. The van der Waals surface area contributed by atoms with E-state index in [9.17, 15) is 0 Å². The summed E-state index contributed by atoms with van der Waals surface area (Å²) in [5.74, 6) is 0.722. The summed E-state index contributed by atoms with van der Waals surface area (Å²) in [4.78, 5) is 0. The predicted octanol–water partition coefficient (Wildman–Crippen LogP) is 3.33. The minimum absolute atomic E-state index is 0.0912. The molecule has 0 aromatic carbocycles. The summed E-state index contributed by atoms with van der Waals surface area (Å²) in [6, 6.07) is 3.33. The highest BCUT2D eigenvalue weighted by atomic mass is 32.5. The Morgan fingerprint density at radius 2 is 1.65 bits per heavy atom. The van der Waals surface area contributed by atoms with Gasteiger partial charge in [0.25, 0.3) is 0 Å². The number of rotatable bonds is 9. The van der Waals surface area contributed by atoms with Crippen LogP contribution in [-0.2, 0) is 20.9 Å². The molecular weight excluding hydrogens is 299 g/mol. The van der Waals surface area contributed by atoms with E-state index in [0.717, 1.165) is 6.42 Å². The van der Waals surface area contributed by atoms with E-state index in [2.05, 4.69) is 10.2 Å². The Balaban J connectivity index is 2.70. The first kappa shape index (κ1) is 17.3. The van der Waals surface area contributed by atoms with E-state index in [1.54, 1.807) is 12.1 Å². The predicted molar refractivity (Wildman–Crippen MR) is 80.6 cm³/mol. The maximum atomic E-state index is 5.53. The summed E-state index contributed by atoms with van der Waals surface area (Å²) in [5, 5.41) is 7.85. The van der Waals surface area contributed by atoms with Gasteiger partial charge in [-0.15, -0.1) is 10.2 Å². The number of aromatic nitrogens is 2. The highest BCUT2D eigenvalue weighted by Crippen LogP contribution is 2.49. The third-order valence-corrected chi connectivity index (χ3v) is 4.71. The lowest BCUT2D eigenvalue weighted by Crippen LogP contribution is -2.11. The van der Waals surface area contributed by atoms with Crippen molar-refractivity contribution in [2.24, 2.45) is 0 Å². The van der Waals surface area contributed by atoms with E-state index in [4.69, 9.17) is 30.1 Å². The lowest BCUT2D eigenvalue weighted by Gasteiger charge is -2.20. The fourth-order valence-corrected chi connectivity index (χ4v) is 3.23. The van der Waals surface area contributed by atoms with Crippen LogP contribution in [0.2, 0.25) is 0 Å². The molecule has 1 atom stereocenters. The summed E-state index contributed by atoms with van der Waals surface area (Å²) in [6.45, 7) is 5.70. The smallest absolute Gasteiger partial charge is 0.381 e. The zero-order valence-electron chi connectivity index (χ0n) is 12.2. The molecule has 0 fully saturated rings. The van der Waals surface area contributed by atoms with Crippen LogP contribution in [0.25, 0.3) is 0 Å². The summed E-state index contributed by atoms with van der Waals surface area (Å²) in [6.07, 6.45) is 0.989. The monoisotopic (exact) mass is 320 g/mol. The maximum absolute atomic E-state index is 5.53. The first-order chi connectivity index (χ1) is 9.53. The molecule has 1 aromatic rings. The molecule has 8 heteroatoms. The Morgan fingerprint density at radius 3 is 2.10 bits per heavy atom. The van der Waals surface area contributed by atoms with Crippen LogP contribution in [0.3, 0.4) is 0 Å². The molecule has 0 spiro atoms. The molecule has 1 unspecified atom stereocenters. The van der Waals surface area contributed by atoms with Crippen LogP contribution >= 0.6 is 6.72 Å². The van der Waals surface area contributed by atoms with Gasteiger partial charge >= 0.3 is 6.72 Å². The molecule has 0 aliphatic rings. The van der Waals surface area contributed by atoms with Gasteiger partial charge in [-0.25, -0.2) is 0 Å². The van der Waals surface area contributed by atoms with Crippen LogP contribution in [0.4, 0.5) is 0 Å². The van der Waals surface area contributed by atoms with E-state index >= 15 is 0 Å². The third-order valence-electron chi connectivity index (χ3n) is 2.29. The quantitative estimate of drug-likeness (QED) is 0.647. The minimum atomic E-state index is -2.80. The van der Waals surface area contributed by atoms with Gasteiger partial charge in [0, 0.05) is 23.9 Å². The molecule has 20 heavy (non-hydrogen) atoms. The lowest BCUT2D eigenvalue weighted by atomic mass is 10.3. The van der Waals surface area contributed by atoms with Crippen molar-refractivity contribution in [3.8, 4) is 11.8 Å². The summed E-state index contributed by atoms with van der Waals surface area (Å²) in [5.41, 5.74) is 0. The molecule has 0 saturated carbocycles. The van der Waals surface area contributed by atoms with Gasteiger partial charge in [-0.3, -0.25) is 9.05 Å². The summed E-state index contributed by atoms with van der Waals surface area (Å²) >= 11 is 5.25. The van der Waals surface area contributed by atoms with Crippen LogP contribution in [0.5, 0.6) is 11.8 Å². The van der Waals surface area contributed by atoms with Crippen LogP contribution in [0.15, 0.2) is 12.1 Å². The first-order valence-electron chi connectivity index (χ1n) is 6.62. The van der Waals surface area contributed by atoms with Crippen LogP contribution in [0.1, 0.15) is 34.1 Å². The molecule has 0 aliphatic heterocycles. The SMILES string of the molecule is CCOP(=S)(OCC)Oc1ccc(OC(C)CC)nn1. The lowest BCUT2D eigenvalue weighted by molar-refractivity contribution is 0.202. The molecule has 1 rings (SSSR count). The Bertz CT molecular complexity index is 434. The van der Waals surface area contributed by atoms with E-state index in [1.807, 2.05) is 27.7 Å². The van der Waals surface area contributed by atoms with Gasteiger partial charge in [0.1, 0.15) is 0 Å². The Labute approximate surface area is 125 Å². The van der Waals surface area contributed by atoms with E-state index in [0.29, 0.717) is 19.1 Å². The van der Waals surface area contributed by atoms with Gasteiger partial charge < -0.3 is 9.26 Å². The van der Waals surface area contributed by atoms with Gasteiger partial charge in [-0.2, -0.15) is 0 Å². The maximum Gasteiger partial charge on any atom is 0.381 e. The average Bonchev–Trinajstić information content (AvgIpc) is 2.41. The zero-order valence-corrected chi connectivity index (χ0v) is 13.9. The zero-order chi connectivity index (χ0) is 15.0. The summed E-state index contributed by atoms with van der Waals surface area (Å²) in [7, 11) is 0. The molecule has 114 valence electrons. The van der Waals surface area contributed by atoms with Crippen molar-refractivity contribution in [2.75, 3.05) is 13.2 Å². The molecule has 0 N–H and O–H groups in total. The van der Waals surface area contributed by atoms with Crippen LogP contribution in [-0.4, -0.2) is 29.5 Å². The molecule has 0 amide bonds. The van der Waals surface area contributed by atoms with Crippen molar-refractivity contribution in [1.82, 2.24) is 10.2 Å². The highest BCUT2D eigenvalue weighted by Gasteiger charge is 2.22. The van der Waals surface area contributed by atoms with Crippen molar-refractivity contribution >= 4 is 18.5 Å². The molecular formula is C12H21N2O4PS. The largest absolute Gasteiger partial charge is 0.474 e. The van der Waals surface area contributed by atoms with E-state index in [1.165, 1.54) is 0 Å². The van der Waals surface area contributed by atoms with Gasteiger partial charge in [-0.05, 0) is 27.2 Å². The second-order valence-corrected chi connectivity index (χ2v) is 6.86. The average molecular weight is 320 g/mol. The molecule has 0 saturated heterocycles. The Morgan fingerprint density at radius 1 is 1.10 bits per heavy atom. The Kier molecular flexibility index (Phi) is 7.37. The van der Waals surface area contributed by atoms with E-state index in [-0.39, 0.29) is 12.0 Å². The molecule has 6 nitrogen and oxygen atoms in total. The highest BCUT2D eigenvalue weighted by molar-refractivity contribution is 8.07. The molecule has 1 heterocycles. The number of hydrogen-bond donors (Lipinski definition) is 0. The fourth-order valence-electron chi connectivity index (χ4n) is 1.23. The number of hydrogen-bond acceptors (Lipinski definition) is 7. The van der Waals surface area contributed by atoms with Gasteiger partial charge in [0.15, 0.2) is 0 Å². The van der Waals surface area contributed by atoms with Crippen molar-refractivity contribution < 1.29 is 18.3 Å². The summed E-state index contributed by atoms with van der Waals surface area (Å²) < 4.78 is 21.8. The molecule has 1 aromatic heterocycles. The van der Waals surface area contributed by atoms with Crippen molar-refractivity contribution in [3.63, 3.8) is 0 Å². The fraction of sp³-hybridized carbons (Fsp3) is 0.667. The van der Waals surface area contributed by atoms with Crippen molar-refractivity contribution in [1.29, 1.82) is 0 Å². The minimum Gasteiger partial charge on any atom is -0.474 e. The van der Waals surface area contributed by atoms with Crippen molar-refractivity contribution in [2.45, 2.75) is 40.2 Å². The van der Waals surface area contributed by atoms with Crippen molar-refractivity contribution in [3.05, 3.63) is 12.1 Å². The number of nitrogens with zero attached hydrogens (tertiary/aromatic N) is 2. The van der Waals surface area contributed by atoms with E-state index < -0.39 is 6.72 Å². The topological polar surface area (TPSA) is 62.7 Å². The molecule has 0 radical (unpaired) electrons. The number of ether oxygens (including phenoxy) is 1. The second kappa shape index (κ2) is 8.52. The van der Waals surface area contributed by atoms with Crippen LogP contribution < -0.4 is 9.26 Å². The normalized spacial score (nSPS) is 13.0. The standard InChI is InChI=1S/C12H21N2O4PS/c1-5-10(4)17-11-8-9-12(14-13-11)18-19(20,15-6-2)16-7-3/h8-10H,5-7H2,1-4H3. The van der Waals surface area contributed by atoms with Crippen LogP contribution in [0, 0.1) is 0 Å². The second-order valence-electron chi connectivity index (χ2n) is 3.92. The third kappa shape index (κ3) is 5.71. The first-order valence-corrected chi connectivity index (χ1v) is 9.17.